The minimum absolute atomic E-state index is 0.321. The van der Waals surface area contributed by atoms with Crippen LogP contribution in [0.4, 0.5) is 11.4 Å². The number of carbonyl (C=O) groups excluding carboxylic acids is 1. The molecule has 7 heteroatoms. The lowest BCUT2D eigenvalue weighted by molar-refractivity contribution is -0.111. The molecule has 1 aromatic heterocycles. The van der Waals surface area contributed by atoms with Gasteiger partial charge >= 0.3 is 0 Å². The molecular weight excluding hydrogens is 314 g/mol. The Morgan fingerprint density at radius 3 is 2.65 bits per heavy atom. The second-order valence-corrected chi connectivity index (χ2v) is 6.78. The molecule has 0 spiro atoms. The topological polar surface area (TPSA) is 88.2 Å². The molecule has 1 amide bonds. The van der Waals surface area contributed by atoms with Gasteiger partial charge in [-0.05, 0) is 42.3 Å². The fraction of sp³-hybridized carbons (Fsp3) is 0.125. The maximum absolute atomic E-state index is 12.0. The summed E-state index contributed by atoms with van der Waals surface area (Å²) in [5, 5.41) is 2.67. The van der Waals surface area contributed by atoms with Crippen LogP contribution in [0, 0.1) is 6.92 Å². The minimum atomic E-state index is -3.43. The summed E-state index contributed by atoms with van der Waals surface area (Å²) >= 11 is 0. The molecule has 1 aromatic carbocycles. The van der Waals surface area contributed by atoms with Crippen molar-refractivity contribution in [3.63, 3.8) is 0 Å². The first kappa shape index (κ1) is 16.7. The van der Waals surface area contributed by atoms with Gasteiger partial charge in [-0.25, -0.2) is 8.42 Å². The van der Waals surface area contributed by atoms with Crippen LogP contribution in [0.1, 0.15) is 11.1 Å². The average molecular weight is 331 g/mol. The van der Waals surface area contributed by atoms with Crippen LogP contribution in [0.3, 0.4) is 0 Å². The summed E-state index contributed by atoms with van der Waals surface area (Å²) in [7, 11) is -3.43. The van der Waals surface area contributed by atoms with Crippen molar-refractivity contribution in [2.75, 3.05) is 16.3 Å². The maximum Gasteiger partial charge on any atom is 0.248 e. The third-order valence-electron chi connectivity index (χ3n) is 2.84. The summed E-state index contributed by atoms with van der Waals surface area (Å²) in [4.78, 5) is 16.0. The fourth-order valence-electron chi connectivity index (χ4n) is 1.87. The largest absolute Gasteiger partial charge is 0.321 e. The van der Waals surface area contributed by atoms with Crippen LogP contribution in [0.5, 0.6) is 0 Å². The monoisotopic (exact) mass is 331 g/mol. The van der Waals surface area contributed by atoms with E-state index in [2.05, 4.69) is 15.0 Å². The second-order valence-electron chi connectivity index (χ2n) is 5.03. The van der Waals surface area contributed by atoms with Gasteiger partial charge in [0.05, 0.1) is 17.6 Å². The standard InChI is InChI=1S/C16H17N3O3S/c1-12-5-7-14(19-23(2,21)22)15(10-12)18-16(20)8-6-13-4-3-9-17-11-13/h3-11,19H,1-2H3,(H,18,20). The number of nitrogens with zero attached hydrogens (tertiary/aromatic N) is 1. The van der Waals surface area contributed by atoms with Gasteiger partial charge in [0.1, 0.15) is 0 Å². The van der Waals surface area contributed by atoms with Crippen LogP contribution in [-0.4, -0.2) is 25.6 Å². The molecule has 0 saturated heterocycles. The Balaban J connectivity index is 2.17. The Morgan fingerprint density at radius 1 is 1.22 bits per heavy atom. The van der Waals surface area contributed by atoms with Crippen molar-refractivity contribution in [3.05, 3.63) is 59.9 Å². The SMILES string of the molecule is Cc1ccc(NS(C)(=O)=O)c(NC(=O)C=Cc2cccnc2)c1. The van der Waals surface area contributed by atoms with Crippen molar-refractivity contribution in [1.29, 1.82) is 0 Å². The number of nitrogens with one attached hydrogen (secondary N) is 2. The molecular formula is C16H17N3O3S. The number of rotatable bonds is 5. The Hall–Kier alpha value is -2.67. The Labute approximate surface area is 135 Å². The van der Waals surface area contributed by atoms with Crippen molar-refractivity contribution in [2.24, 2.45) is 0 Å². The van der Waals surface area contributed by atoms with Crippen molar-refractivity contribution >= 4 is 33.4 Å². The van der Waals surface area contributed by atoms with Crippen LogP contribution in [0.25, 0.3) is 6.08 Å². The predicted molar refractivity (Wildman–Crippen MR) is 91.5 cm³/mol. The molecule has 0 radical (unpaired) electrons. The highest BCUT2D eigenvalue weighted by Crippen LogP contribution is 2.24. The van der Waals surface area contributed by atoms with E-state index in [0.29, 0.717) is 11.4 Å². The summed E-state index contributed by atoms with van der Waals surface area (Å²) in [6.07, 6.45) is 7.33. The van der Waals surface area contributed by atoms with Gasteiger partial charge < -0.3 is 5.32 Å². The molecule has 0 fully saturated rings. The van der Waals surface area contributed by atoms with E-state index in [1.807, 2.05) is 13.0 Å². The molecule has 0 unspecified atom stereocenters. The summed E-state index contributed by atoms with van der Waals surface area (Å²) < 4.78 is 25.2. The number of sulfonamides is 1. The molecule has 0 aliphatic heterocycles. The number of aryl methyl sites for hydroxylation is 1. The van der Waals surface area contributed by atoms with E-state index in [-0.39, 0.29) is 5.91 Å². The lowest BCUT2D eigenvalue weighted by atomic mass is 10.2. The first-order chi connectivity index (χ1) is 10.8. The highest BCUT2D eigenvalue weighted by atomic mass is 32.2. The zero-order valence-corrected chi connectivity index (χ0v) is 13.6. The predicted octanol–water partition coefficient (Wildman–Crippen LogP) is 2.41. The molecule has 2 aromatic rings. The number of pyridine rings is 1. The van der Waals surface area contributed by atoms with Gasteiger partial charge in [-0.3, -0.25) is 14.5 Å². The van der Waals surface area contributed by atoms with Gasteiger partial charge in [0, 0.05) is 18.5 Å². The van der Waals surface area contributed by atoms with Crippen molar-refractivity contribution in [2.45, 2.75) is 6.92 Å². The minimum Gasteiger partial charge on any atom is -0.321 e. The third kappa shape index (κ3) is 5.55. The number of carbonyl (C=O) groups is 1. The van der Waals surface area contributed by atoms with Crippen LogP contribution in [0.2, 0.25) is 0 Å². The number of hydrogen-bond acceptors (Lipinski definition) is 4. The van der Waals surface area contributed by atoms with E-state index >= 15 is 0 Å². The van der Waals surface area contributed by atoms with E-state index in [1.165, 1.54) is 6.08 Å². The summed E-state index contributed by atoms with van der Waals surface area (Å²) in [6.45, 7) is 1.85. The molecule has 0 saturated carbocycles. The molecule has 2 N–H and O–H groups in total. The number of anilines is 2. The normalized spacial score (nSPS) is 11.4. The van der Waals surface area contributed by atoms with E-state index in [1.54, 1.807) is 42.7 Å². The molecule has 0 bridgehead atoms. The fourth-order valence-corrected chi connectivity index (χ4v) is 2.45. The third-order valence-corrected chi connectivity index (χ3v) is 3.43. The Morgan fingerprint density at radius 2 is 2.00 bits per heavy atom. The highest BCUT2D eigenvalue weighted by Gasteiger charge is 2.09. The van der Waals surface area contributed by atoms with Gasteiger partial charge in [-0.1, -0.05) is 12.1 Å². The number of aromatic nitrogens is 1. The van der Waals surface area contributed by atoms with E-state index in [0.717, 1.165) is 17.4 Å². The lowest BCUT2D eigenvalue weighted by Gasteiger charge is -2.12. The second kappa shape index (κ2) is 7.06. The van der Waals surface area contributed by atoms with Crippen LogP contribution in [-0.2, 0) is 14.8 Å². The number of amides is 1. The molecule has 2 rings (SSSR count). The summed E-state index contributed by atoms with van der Waals surface area (Å²) in [5.41, 5.74) is 2.41. The average Bonchev–Trinajstić information content (AvgIpc) is 2.48. The molecule has 0 aliphatic carbocycles. The van der Waals surface area contributed by atoms with Gasteiger partial charge in [-0.2, -0.15) is 0 Å². The van der Waals surface area contributed by atoms with Gasteiger partial charge in [0.25, 0.3) is 0 Å². The van der Waals surface area contributed by atoms with E-state index < -0.39 is 10.0 Å². The molecule has 120 valence electrons. The number of hydrogen-bond donors (Lipinski definition) is 2. The lowest BCUT2D eigenvalue weighted by Crippen LogP contribution is -2.14. The quantitative estimate of drug-likeness (QED) is 0.824. The van der Waals surface area contributed by atoms with Crippen LogP contribution in [0.15, 0.2) is 48.8 Å². The zero-order valence-electron chi connectivity index (χ0n) is 12.8. The molecule has 23 heavy (non-hydrogen) atoms. The van der Waals surface area contributed by atoms with Crippen LogP contribution >= 0.6 is 0 Å². The Kier molecular flexibility index (Phi) is 5.13. The van der Waals surface area contributed by atoms with Gasteiger partial charge in [0.15, 0.2) is 0 Å². The highest BCUT2D eigenvalue weighted by molar-refractivity contribution is 7.92. The first-order valence-corrected chi connectivity index (χ1v) is 8.70. The smallest absolute Gasteiger partial charge is 0.248 e. The molecule has 1 heterocycles. The first-order valence-electron chi connectivity index (χ1n) is 6.81. The van der Waals surface area contributed by atoms with Crippen molar-refractivity contribution in [3.8, 4) is 0 Å². The van der Waals surface area contributed by atoms with Crippen LogP contribution < -0.4 is 10.0 Å². The summed E-state index contributed by atoms with van der Waals surface area (Å²) in [6, 6.07) is 8.65. The molecule has 0 aliphatic rings. The van der Waals surface area contributed by atoms with Crippen molar-refractivity contribution < 1.29 is 13.2 Å². The molecule has 6 nitrogen and oxygen atoms in total. The van der Waals surface area contributed by atoms with E-state index in [9.17, 15) is 13.2 Å². The van der Waals surface area contributed by atoms with Crippen molar-refractivity contribution in [1.82, 2.24) is 4.98 Å². The van der Waals surface area contributed by atoms with Gasteiger partial charge in [0.2, 0.25) is 15.9 Å². The molecule has 0 atom stereocenters. The number of benzene rings is 1. The zero-order chi connectivity index (χ0) is 16.9. The Bertz CT molecular complexity index is 831. The van der Waals surface area contributed by atoms with E-state index in [4.69, 9.17) is 0 Å². The van der Waals surface area contributed by atoms with Gasteiger partial charge in [-0.15, -0.1) is 0 Å². The maximum atomic E-state index is 12.0. The summed E-state index contributed by atoms with van der Waals surface area (Å²) in [5.74, 6) is -0.365.